The molecule has 4 nitrogen and oxygen atoms in total. The Kier molecular flexibility index (Phi) is 3.26. The minimum absolute atomic E-state index is 0.299. The minimum Gasteiger partial charge on any atom is -0.497 e. The number of benzene rings is 1. The van der Waals surface area contributed by atoms with Gasteiger partial charge in [0.1, 0.15) is 5.75 Å². The first-order valence-electron chi connectivity index (χ1n) is 6.99. The summed E-state index contributed by atoms with van der Waals surface area (Å²) in [7, 11) is 3.73. The minimum atomic E-state index is 0.299. The van der Waals surface area contributed by atoms with Crippen molar-refractivity contribution in [1.29, 1.82) is 0 Å². The molecular weight excluding hydrogens is 250 g/mol. The Morgan fingerprint density at radius 2 is 2.15 bits per heavy atom. The molecule has 1 aliphatic rings. The van der Waals surface area contributed by atoms with E-state index in [0.29, 0.717) is 12.1 Å². The number of rotatable bonds is 3. The van der Waals surface area contributed by atoms with Crippen molar-refractivity contribution in [1.82, 2.24) is 14.9 Å². The maximum atomic E-state index is 5.35. The molecule has 2 unspecified atom stereocenters. The first-order valence-corrected chi connectivity index (χ1v) is 6.99. The van der Waals surface area contributed by atoms with Crippen LogP contribution in [0.5, 0.6) is 5.75 Å². The molecule has 1 aromatic heterocycles. The SMILES string of the molecule is CNC1c2cc(OC)ccc2CC1n1cnc(C)c1C. The number of aryl methyl sites for hydroxylation is 1. The predicted molar refractivity (Wildman–Crippen MR) is 79.2 cm³/mol. The van der Waals surface area contributed by atoms with Gasteiger partial charge in [-0.1, -0.05) is 6.07 Å². The van der Waals surface area contributed by atoms with Crippen molar-refractivity contribution in [3.8, 4) is 5.75 Å². The first kappa shape index (κ1) is 13.2. The number of likely N-dealkylation sites (N-methyl/N-ethyl adjacent to an activating group) is 1. The highest BCUT2D eigenvalue weighted by atomic mass is 16.5. The van der Waals surface area contributed by atoms with E-state index < -0.39 is 0 Å². The fourth-order valence-corrected chi connectivity index (χ4v) is 3.18. The number of ether oxygens (including phenoxy) is 1. The zero-order valence-electron chi connectivity index (χ0n) is 12.5. The van der Waals surface area contributed by atoms with Gasteiger partial charge in [-0.05, 0) is 50.6 Å². The third-order valence-corrected chi connectivity index (χ3v) is 4.46. The molecule has 1 aromatic carbocycles. The number of hydrogen-bond donors (Lipinski definition) is 1. The Labute approximate surface area is 119 Å². The largest absolute Gasteiger partial charge is 0.497 e. The fraction of sp³-hybridized carbons (Fsp3) is 0.438. The van der Waals surface area contributed by atoms with Gasteiger partial charge in [0, 0.05) is 5.69 Å². The number of nitrogens with one attached hydrogen (secondary N) is 1. The van der Waals surface area contributed by atoms with Gasteiger partial charge in [0.25, 0.3) is 0 Å². The topological polar surface area (TPSA) is 39.1 Å². The highest BCUT2D eigenvalue weighted by molar-refractivity contribution is 5.42. The number of methoxy groups -OCH3 is 1. The van der Waals surface area contributed by atoms with Crippen LogP contribution in [0, 0.1) is 13.8 Å². The lowest BCUT2D eigenvalue weighted by Gasteiger charge is -2.23. The molecule has 0 fully saturated rings. The van der Waals surface area contributed by atoms with Crippen LogP contribution >= 0.6 is 0 Å². The zero-order valence-corrected chi connectivity index (χ0v) is 12.5. The van der Waals surface area contributed by atoms with E-state index in [1.165, 1.54) is 16.8 Å². The molecule has 1 heterocycles. The van der Waals surface area contributed by atoms with E-state index in [9.17, 15) is 0 Å². The third kappa shape index (κ3) is 1.91. The normalized spacial score (nSPS) is 21.0. The zero-order chi connectivity index (χ0) is 14.3. The molecule has 4 heteroatoms. The van der Waals surface area contributed by atoms with Gasteiger partial charge in [0.15, 0.2) is 0 Å². The number of fused-ring (bicyclic) bond motifs is 1. The predicted octanol–water partition coefficient (Wildman–Crippen LogP) is 2.57. The second kappa shape index (κ2) is 4.94. The third-order valence-electron chi connectivity index (χ3n) is 4.46. The number of aromatic nitrogens is 2. The van der Waals surface area contributed by atoms with E-state index in [2.05, 4.69) is 40.8 Å². The van der Waals surface area contributed by atoms with Crippen LogP contribution in [0.2, 0.25) is 0 Å². The first-order chi connectivity index (χ1) is 9.65. The molecular formula is C16H21N3O. The second-order valence-corrected chi connectivity index (χ2v) is 5.43. The molecule has 0 radical (unpaired) electrons. The van der Waals surface area contributed by atoms with Gasteiger partial charge in [-0.3, -0.25) is 0 Å². The molecule has 3 rings (SSSR count). The van der Waals surface area contributed by atoms with Crippen molar-refractivity contribution in [3.05, 3.63) is 47.0 Å². The lowest BCUT2D eigenvalue weighted by molar-refractivity contribution is 0.393. The lowest BCUT2D eigenvalue weighted by Crippen LogP contribution is -2.24. The summed E-state index contributed by atoms with van der Waals surface area (Å²) >= 11 is 0. The summed E-state index contributed by atoms with van der Waals surface area (Å²) in [6.07, 6.45) is 2.99. The van der Waals surface area contributed by atoms with Crippen LogP contribution < -0.4 is 10.1 Å². The van der Waals surface area contributed by atoms with Crippen LogP contribution in [0.15, 0.2) is 24.5 Å². The van der Waals surface area contributed by atoms with Crippen LogP contribution in [-0.2, 0) is 6.42 Å². The number of imidazole rings is 1. The smallest absolute Gasteiger partial charge is 0.119 e. The van der Waals surface area contributed by atoms with E-state index in [0.717, 1.165) is 17.9 Å². The lowest BCUT2D eigenvalue weighted by atomic mass is 10.1. The van der Waals surface area contributed by atoms with Gasteiger partial charge in [-0.2, -0.15) is 0 Å². The Morgan fingerprint density at radius 3 is 2.75 bits per heavy atom. The van der Waals surface area contributed by atoms with Gasteiger partial charge < -0.3 is 14.6 Å². The Morgan fingerprint density at radius 1 is 1.35 bits per heavy atom. The summed E-state index contributed by atoms with van der Waals surface area (Å²) in [4.78, 5) is 4.44. The summed E-state index contributed by atoms with van der Waals surface area (Å²) in [6, 6.07) is 7.04. The highest BCUT2D eigenvalue weighted by Crippen LogP contribution is 2.41. The Hall–Kier alpha value is -1.81. The van der Waals surface area contributed by atoms with E-state index in [4.69, 9.17) is 4.74 Å². The van der Waals surface area contributed by atoms with E-state index in [1.807, 2.05) is 19.4 Å². The molecule has 20 heavy (non-hydrogen) atoms. The Balaban J connectivity index is 2.02. The quantitative estimate of drug-likeness (QED) is 0.932. The number of nitrogens with zero attached hydrogens (tertiary/aromatic N) is 2. The molecule has 106 valence electrons. The van der Waals surface area contributed by atoms with Crippen molar-refractivity contribution in [2.75, 3.05) is 14.2 Å². The summed E-state index contributed by atoms with van der Waals surface area (Å²) in [6.45, 7) is 4.20. The van der Waals surface area contributed by atoms with Crippen molar-refractivity contribution >= 4 is 0 Å². The molecule has 2 aromatic rings. The summed E-state index contributed by atoms with van der Waals surface area (Å²) in [5.74, 6) is 0.920. The van der Waals surface area contributed by atoms with E-state index in [-0.39, 0.29) is 0 Å². The fourth-order valence-electron chi connectivity index (χ4n) is 3.18. The molecule has 0 saturated heterocycles. The molecule has 0 aliphatic heterocycles. The van der Waals surface area contributed by atoms with Gasteiger partial charge in [0.05, 0.1) is 31.2 Å². The molecule has 1 aliphatic carbocycles. The molecule has 1 N–H and O–H groups in total. The van der Waals surface area contributed by atoms with Gasteiger partial charge in [-0.15, -0.1) is 0 Å². The average molecular weight is 271 g/mol. The molecule has 0 bridgehead atoms. The monoisotopic (exact) mass is 271 g/mol. The van der Waals surface area contributed by atoms with Crippen molar-refractivity contribution in [2.45, 2.75) is 32.4 Å². The average Bonchev–Trinajstić information content (AvgIpc) is 2.99. The molecule has 0 amide bonds. The van der Waals surface area contributed by atoms with Crippen LogP contribution in [0.1, 0.15) is 34.6 Å². The van der Waals surface area contributed by atoms with E-state index >= 15 is 0 Å². The van der Waals surface area contributed by atoms with Crippen LogP contribution in [0.4, 0.5) is 0 Å². The van der Waals surface area contributed by atoms with Gasteiger partial charge >= 0.3 is 0 Å². The van der Waals surface area contributed by atoms with Crippen LogP contribution in [-0.4, -0.2) is 23.7 Å². The van der Waals surface area contributed by atoms with Gasteiger partial charge in [0.2, 0.25) is 0 Å². The van der Waals surface area contributed by atoms with Crippen molar-refractivity contribution in [2.24, 2.45) is 0 Å². The van der Waals surface area contributed by atoms with Gasteiger partial charge in [-0.25, -0.2) is 4.98 Å². The second-order valence-electron chi connectivity index (χ2n) is 5.43. The van der Waals surface area contributed by atoms with Crippen LogP contribution in [0.3, 0.4) is 0 Å². The number of hydrogen-bond acceptors (Lipinski definition) is 3. The molecule has 2 atom stereocenters. The van der Waals surface area contributed by atoms with Crippen LogP contribution in [0.25, 0.3) is 0 Å². The summed E-state index contributed by atoms with van der Waals surface area (Å²) in [5.41, 5.74) is 5.08. The Bertz CT molecular complexity index is 633. The van der Waals surface area contributed by atoms with E-state index in [1.54, 1.807) is 7.11 Å². The standard InChI is InChI=1S/C16H21N3O/c1-10-11(2)19(9-18-10)15-7-12-5-6-13(20-4)8-14(12)16(15)17-3/h5-6,8-9,15-17H,7H2,1-4H3. The van der Waals surface area contributed by atoms with Crippen molar-refractivity contribution in [3.63, 3.8) is 0 Å². The molecule has 0 saturated carbocycles. The summed E-state index contributed by atoms with van der Waals surface area (Å²) < 4.78 is 7.65. The molecule has 0 spiro atoms. The highest BCUT2D eigenvalue weighted by Gasteiger charge is 2.33. The maximum absolute atomic E-state index is 5.35. The van der Waals surface area contributed by atoms with Crippen molar-refractivity contribution < 1.29 is 4.74 Å². The maximum Gasteiger partial charge on any atom is 0.119 e. The summed E-state index contributed by atoms with van der Waals surface area (Å²) in [5, 5.41) is 3.45.